The second-order valence-electron chi connectivity index (χ2n) is 15.4. The highest BCUT2D eigenvalue weighted by atomic mass is 33.1. The highest BCUT2D eigenvalue weighted by Crippen LogP contribution is 2.41. The third kappa shape index (κ3) is 8.55. The zero-order chi connectivity index (χ0) is 40.4. The van der Waals surface area contributed by atoms with Crippen LogP contribution in [0.5, 0.6) is 23.0 Å². The molecular formula is C44H51N5O6S2. The summed E-state index contributed by atoms with van der Waals surface area (Å²) in [5.41, 5.74) is 7.44. The molecule has 11 nitrogen and oxygen atoms in total. The fourth-order valence-electron chi connectivity index (χ4n) is 7.90. The molecule has 2 atom stereocenters. The largest absolute Gasteiger partial charge is 0.493 e. The smallest absolute Gasteiger partial charge is 0.257 e. The van der Waals surface area contributed by atoms with E-state index in [4.69, 9.17) is 28.9 Å². The van der Waals surface area contributed by atoms with Crippen molar-refractivity contribution < 1.29 is 28.5 Å². The van der Waals surface area contributed by atoms with Crippen molar-refractivity contribution in [1.82, 2.24) is 9.80 Å². The van der Waals surface area contributed by atoms with Gasteiger partial charge in [0.1, 0.15) is 13.2 Å². The first-order valence-corrected chi connectivity index (χ1v) is 21.7. The van der Waals surface area contributed by atoms with E-state index in [-0.39, 0.29) is 41.9 Å². The van der Waals surface area contributed by atoms with Crippen LogP contribution in [0.25, 0.3) is 0 Å². The molecule has 0 radical (unpaired) electrons. The van der Waals surface area contributed by atoms with Crippen LogP contribution in [0.4, 0.5) is 17.1 Å². The Labute approximate surface area is 343 Å². The minimum Gasteiger partial charge on any atom is -0.493 e. The molecule has 0 aliphatic carbocycles. The third-order valence-corrected chi connectivity index (χ3v) is 13.4. The third-order valence-electron chi connectivity index (χ3n) is 10.8. The number of hydrogen-bond donors (Lipinski definition) is 0. The Kier molecular flexibility index (Phi) is 12.0. The number of ether oxygens (including phenoxy) is 4. The zero-order valence-electron chi connectivity index (χ0n) is 34.0. The number of hydrogen-bond acceptors (Lipinski definition) is 11. The Morgan fingerprint density at radius 3 is 1.65 bits per heavy atom. The number of allylic oxidation sites excluding steroid dienone is 2. The van der Waals surface area contributed by atoms with E-state index in [2.05, 4.69) is 62.4 Å². The summed E-state index contributed by atoms with van der Waals surface area (Å²) in [6, 6.07) is 13.2. The maximum absolute atomic E-state index is 13.7. The van der Waals surface area contributed by atoms with Gasteiger partial charge in [0.15, 0.2) is 23.0 Å². The number of fused-ring (bicyclic) bond motifs is 4. The van der Waals surface area contributed by atoms with Crippen LogP contribution < -0.4 is 23.8 Å². The fraction of sp³-hybridized carbons (Fsp3) is 0.409. The van der Waals surface area contributed by atoms with Gasteiger partial charge in [-0.2, -0.15) is 0 Å². The number of methoxy groups -OCH3 is 2. The van der Waals surface area contributed by atoms with Crippen LogP contribution in [0.1, 0.15) is 72.4 Å². The molecule has 4 aliphatic rings. The summed E-state index contributed by atoms with van der Waals surface area (Å²) in [5.74, 6) is 1.80. The van der Waals surface area contributed by atoms with Gasteiger partial charge in [0, 0.05) is 61.7 Å². The van der Waals surface area contributed by atoms with E-state index in [9.17, 15) is 9.59 Å². The summed E-state index contributed by atoms with van der Waals surface area (Å²) in [4.78, 5) is 42.8. The van der Waals surface area contributed by atoms with Gasteiger partial charge >= 0.3 is 0 Å². The monoisotopic (exact) mass is 809 g/mol. The predicted octanol–water partition coefficient (Wildman–Crippen LogP) is 8.84. The Morgan fingerprint density at radius 1 is 0.754 bits per heavy atom. The fourth-order valence-corrected chi connectivity index (χ4v) is 10.1. The molecule has 2 fully saturated rings. The van der Waals surface area contributed by atoms with Crippen LogP contribution in [0.15, 0.2) is 75.7 Å². The number of carbonyl (C=O) groups is 2. The van der Waals surface area contributed by atoms with Crippen molar-refractivity contribution in [1.29, 1.82) is 0 Å². The Balaban J connectivity index is 1.15. The summed E-state index contributed by atoms with van der Waals surface area (Å²) in [6.07, 6.45) is 11.6. The van der Waals surface area contributed by atoms with Gasteiger partial charge in [0.2, 0.25) is 0 Å². The van der Waals surface area contributed by atoms with E-state index in [1.807, 2.05) is 46.9 Å². The number of aliphatic imine (C=N–C) groups is 2. The highest BCUT2D eigenvalue weighted by molar-refractivity contribution is 8.77. The van der Waals surface area contributed by atoms with Crippen LogP contribution in [0, 0.1) is 0 Å². The van der Waals surface area contributed by atoms with Crippen molar-refractivity contribution in [3.63, 3.8) is 0 Å². The van der Waals surface area contributed by atoms with Gasteiger partial charge < -0.3 is 33.6 Å². The van der Waals surface area contributed by atoms with Gasteiger partial charge in [-0.1, -0.05) is 44.9 Å². The number of amides is 2. The average Bonchev–Trinajstić information content (AvgIpc) is 3.77. The molecule has 7 rings (SSSR count). The molecule has 0 bridgehead atoms. The number of carbonyl (C=O) groups excluding carboxylic acids is 2. The minimum atomic E-state index is -0.0726. The van der Waals surface area contributed by atoms with E-state index < -0.39 is 0 Å². The predicted molar refractivity (Wildman–Crippen MR) is 232 cm³/mol. The lowest BCUT2D eigenvalue weighted by Crippen LogP contribution is -2.35. The SMILES string of the molecule is C/C=C1\C[C@H]2C=Nc3cc(OCc4cc(COc5cc6c(cc5OC)C(=O)N5C/C(=C/C)C[C@H]5C=N6)cc(N(C)CC(C)(C)SSC)c4)c(OC)cc3C(=O)N2C1. The summed E-state index contributed by atoms with van der Waals surface area (Å²) >= 11 is 0. The van der Waals surface area contributed by atoms with Crippen LogP contribution in [-0.4, -0.2) is 98.0 Å². The summed E-state index contributed by atoms with van der Waals surface area (Å²) in [7, 11) is 8.85. The molecule has 0 saturated carbocycles. The summed E-state index contributed by atoms with van der Waals surface area (Å²) in [5, 5.41) is 0. The maximum atomic E-state index is 13.7. The molecule has 57 heavy (non-hydrogen) atoms. The molecule has 4 heterocycles. The Morgan fingerprint density at radius 2 is 1.23 bits per heavy atom. The normalized spacial score (nSPS) is 19.9. The van der Waals surface area contributed by atoms with Crippen molar-refractivity contribution in [2.45, 2.75) is 70.6 Å². The topological polar surface area (TPSA) is 105 Å². The van der Waals surface area contributed by atoms with Gasteiger partial charge in [0.05, 0.1) is 48.8 Å². The number of rotatable bonds is 13. The molecule has 0 aromatic heterocycles. The number of benzene rings is 3. The molecule has 2 saturated heterocycles. The maximum Gasteiger partial charge on any atom is 0.257 e. The summed E-state index contributed by atoms with van der Waals surface area (Å²) < 4.78 is 24.4. The minimum absolute atomic E-state index is 0.00935. The quantitative estimate of drug-likeness (QED) is 0.124. The van der Waals surface area contributed by atoms with E-state index in [1.165, 1.54) is 11.1 Å². The van der Waals surface area contributed by atoms with Crippen molar-refractivity contribution in [2.24, 2.45) is 9.98 Å². The van der Waals surface area contributed by atoms with Gasteiger partial charge in [-0.05, 0) is 88.3 Å². The van der Waals surface area contributed by atoms with Crippen LogP contribution >= 0.6 is 21.6 Å². The lowest BCUT2D eigenvalue weighted by molar-refractivity contribution is 0.0769. The van der Waals surface area contributed by atoms with E-state index in [0.29, 0.717) is 58.6 Å². The Hall–Kier alpha value is -4.88. The Bertz CT molecular complexity index is 2050. The summed E-state index contributed by atoms with van der Waals surface area (Å²) in [6.45, 7) is 11.0. The lowest BCUT2D eigenvalue weighted by Gasteiger charge is -2.31. The van der Waals surface area contributed by atoms with Crippen LogP contribution in [-0.2, 0) is 13.2 Å². The van der Waals surface area contributed by atoms with Crippen molar-refractivity contribution in [2.75, 3.05) is 52.1 Å². The molecular weight excluding hydrogens is 759 g/mol. The van der Waals surface area contributed by atoms with Crippen LogP contribution in [0.2, 0.25) is 0 Å². The van der Waals surface area contributed by atoms with Crippen LogP contribution in [0.3, 0.4) is 0 Å². The first-order chi connectivity index (χ1) is 27.4. The standard InChI is InChI=1S/C44H51N5O6S2/c1-9-27-12-32-20-45-36-18-40(38(52-6)16-34(36)42(50)48(32)22-27)54-24-29-11-30(15-31(14-29)47(5)26-44(3,4)57-56-8)25-55-41-19-37-35(17-39(41)53-7)43(51)49-23-28(10-2)13-33(49)21-46-37/h9-11,14-21,32-33H,12-13,22-26H2,1-8H3/b27-9+,28-10+/t32-,33-/m0/s1. The molecule has 3 aromatic carbocycles. The second kappa shape index (κ2) is 16.9. The van der Waals surface area contributed by atoms with Crippen molar-refractivity contribution in [3.8, 4) is 23.0 Å². The van der Waals surface area contributed by atoms with Gasteiger partial charge in [-0.15, -0.1) is 0 Å². The molecule has 4 aliphatic heterocycles. The molecule has 0 unspecified atom stereocenters. The molecule has 0 spiro atoms. The molecule has 0 N–H and O–H groups in total. The number of anilines is 1. The van der Waals surface area contributed by atoms with Gasteiger partial charge in [-0.3, -0.25) is 19.6 Å². The molecule has 300 valence electrons. The molecule has 13 heteroatoms. The lowest BCUT2D eigenvalue weighted by atomic mass is 10.1. The highest BCUT2D eigenvalue weighted by Gasteiger charge is 2.36. The van der Waals surface area contributed by atoms with E-state index in [1.54, 1.807) is 49.3 Å². The second-order valence-corrected chi connectivity index (χ2v) is 18.5. The van der Waals surface area contributed by atoms with E-state index >= 15 is 0 Å². The van der Waals surface area contributed by atoms with Crippen molar-refractivity contribution >= 4 is 62.9 Å². The molecule has 3 aromatic rings. The molecule has 2 amide bonds. The first kappa shape index (κ1) is 40.3. The zero-order valence-corrected chi connectivity index (χ0v) is 35.6. The first-order valence-electron chi connectivity index (χ1n) is 19.2. The van der Waals surface area contributed by atoms with E-state index in [0.717, 1.165) is 36.2 Å². The van der Waals surface area contributed by atoms with Gasteiger partial charge in [-0.25, -0.2) is 0 Å². The van der Waals surface area contributed by atoms with Crippen molar-refractivity contribution in [3.05, 3.63) is 88.0 Å². The number of nitrogens with zero attached hydrogens (tertiary/aromatic N) is 5. The average molecular weight is 810 g/mol. The van der Waals surface area contributed by atoms with Gasteiger partial charge in [0.25, 0.3) is 11.8 Å².